The number of nitrogens with zero attached hydrogens (tertiary/aromatic N) is 1. The van der Waals surface area contributed by atoms with Crippen molar-refractivity contribution < 1.29 is 0 Å². The maximum Gasteiger partial charge on any atom is 0.0731 e. The van der Waals surface area contributed by atoms with E-state index in [1.165, 1.54) is 137 Å². The van der Waals surface area contributed by atoms with Gasteiger partial charge in [0.1, 0.15) is 0 Å². The zero-order valence-corrected chi connectivity index (χ0v) is 36.0. The zero-order chi connectivity index (χ0) is 43.1. The number of para-hydroxylation sites is 2. The first-order valence-electron chi connectivity index (χ1n) is 23.1. The van der Waals surface area contributed by atoms with Crippen LogP contribution in [0.3, 0.4) is 0 Å². The van der Waals surface area contributed by atoms with Crippen LogP contribution in [0.5, 0.6) is 0 Å². The highest BCUT2D eigenvalue weighted by molar-refractivity contribution is 6.23. The average Bonchev–Trinajstić information content (AvgIpc) is 3.98. The minimum absolute atomic E-state index is 0.446. The maximum absolute atomic E-state index is 2.54. The van der Waals surface area contributed by atoms with Crippen LogP contribution >= 0.6 is 0 Å². The Labute approximate surface area is 382 Å². The van der Waals surface area contributed by atoms with Crippen LogP contribution in [-0.2, 0) is 5.41 Å². The molecule has 304 valence electrons. The first-order valence-corrected chi connectivity index (χ1v) is 23.1. The summed E-state index contributed by atoms with van der Waals surface area (Å²) in [5.74, 6) is 0. The van der Waals surface area contributed by atoms with Gasteiger partial charge in [0.05, 0.1) is 16.4 Å². The summed E-state index contributed by atoms with van der Waals surface area (Å²) in [6, 6.07) is 88.9. The second kappa shape index (κ2) is 13.3. The van der Waals surface area contributed by atoms with Crippen LogP contribution in [0, 0.1) is 0 Å². The Morgan fingerprint density at radius 1 is 0.273 bits per heavy atom. The smallest absolute Gasteiger partial charge is 0.0731 e. The normalized spacial score (nSPS) is 13.3. The standard InChI is InChI=1S/C65H39N/c1-2-17-45(18-3-1)66-60-29-15-12-22-49(60)56-38-43(33-35-61(56)66)63-52-25-8-6-23-50(52)62(51-24-7-9-26-53(51)63)42-31-30-41-37-55-54-34-32-40-16-4-5-19-46(40)64(54)65(59(55)39-44(41)36-42)57-27-13-10-20-47(57)48-21-11-14-28-58(48)65/h1-39H. The Morgan fingerprint density at radius 2 is 0.803 bits per heavy atom. The molecule has 1 nitrogen and oxygen atoms in total. The fourth-order valence-corrected chi connectivity index (χ4v) is 12.5. The van der Waals surface area contributed by atoms with E-state index in [1.807, 2.05) is 0 Å². The average molecular weight is 834 g/mol. The summed E-state index contributed by atoms with van der Waals surface area (Å²) in [7, 11) is 0. The summed E-state index contributed by atoms with van der Waals surface area (Å²) >= 11 is 0. The third kappa shape index (κ3) is 4.64. The van der Waals surface area contributed by atoms with Gasteiger partial charge in [-0.15, -0.1) is 0 Å². The molecule has 0 unspecified atom stereocenters. The van der Waals surface area contributed by atoms with E-state index in [2.05, 4.69) is 241 Å². The van der Waals surface area contributed by atoms with Crippen molar-refractivity contribution in [2.24, 2.45) is 0 Å². The number of rotatable bonds is 3. The van der Waals surface area contributed by atoms with Crippen LogP contribution in [0.25, 0.3) is 115 Å². The molecular formula is C65H39N. The van der Waals surface area contributed by atoms with Crippen molar-refractivity contribution in [2.75, 3.05) is 0 Å². The highest BCUT2D eigenvalue weighted by Gasteiger charge is 2.52. The fraction of sp³-hybridized carbons (Fsp3) is 0.0154. The molecule has 66 heavy (non-hydrogen) atoms. The van der Waals surface area contributed by atoms with E-state index in [4.69, 9.17) is 0 Å². The number of benzene rings is 12. The maximum atomic E-state index is 2.54. The minimum Gasteiger partial charge on any atom is -0.309 e. The van der Waals surface area contributed by atoms with Crippen molar-refractivity contribution in [1.29, 1.82) is 0 Å². The molecule has 2 aliphatic rings. The van der Waals surface area contributed by atoms with Gasteiger partial charge in [0.2, 0.25) is 0 Å². The lowest BCUT2D eigenvalue weighted by Crippen LogP contribution is -2.26. The molecule has 0 atom stereocenters. The minimum atomic E-state index is -0.446. The second-order valence-electron chi connectivity index (χ2n) is 18.3. The molecule has 1 aromatic heterocycles. The lowest BCUT2D eigenvalue weighted by molar-refractivity contribution is 0.802. The third-order valence-corrected chi connectivity index (χ3v) is 15.1. The van der Waals surface area contributed by atoms with Gasteiger partial charge in [0.15, 0.2) is 0 Å². The molecule has 1 spiro atoms. The molecule has 0 radical (unpaired) electrons. The van der Waals surface area contributed by atoms with Crippen LogP contribution in [0.2, 0.25) is 0 Å². The van der Waals surface area contributed by atoms with Crippen LogP contribution in [-0.4, -0.2) is 4.57 Å². The number of fused-ring (bicyclic) bond motifs is 18. The quantitative estimate of drug-likeness (QED) is 0.156. The Morgan fingerprint density at radius 3 is 1.50 bits per heavy atom. The Balaban J connectivity index is 0.974. The van der Waals surface area contributed by atoms with Gasteiger partial charge in [0, 0.05) is 16.5 Å². The monoisotopic (exact) mass is 833 g/mol. The molecule has 15 rings (SSSR count). The van der Waals surface area contributed by atoms with Gasteiger partial charge in [0.25, 0.3) is 0 Å². The van der Waals surface area contributed by atoms with Crippen molar-refractivity contribution in [1.82, 2.24) is 4.57 Å². The highest BCUT2D eigenvalue weighted by atomic mass is 15.0. The van der Waals surface area contributed by atoms with Gasteiger partial charge >= 0.3 is 0 Å². The van der Waals surface area contributed by atoms with Crippen LogP contribution in [0.15, 0.2) is 237 Å². The van der Waals surface area contributed by atoms with Crippen molar-refractivity contribution in [3.8, 4) is 50.2 Å². The predicted molar refractivity (Wildman–Crippen MR) is 278 cm³/mol. The van der Waals surface area contributed by atoms with Gasteiger partial charge in [-0.3, -0.25) is 0 Å². The van der Waals surface area contributed by atoms with E-state index in [1.54, 1.807) is 0 Å². The van der Waals surface area contributed by atoms with E-state index in [0.29, 0.717) is 0 Å². The highest BCUT2D eigenvalue weighted by Crippen LogP contribution is 2.64. The number of hydrogen-bond acceptors (Lipinski definition) is 0. The lowest BCUT2D eigenvalue weighted by Gasteiger charge is -2.31. The predicted octanol–water partition coefficient (Wildman–Crippen LogP) is 17.1. The summed E-state index contributed by atoms with van der Waals surface area (Å²) in [6.07, 6.45) is 0. The van der Waals surface area contributed by atoms with E-state index < -0.39 is 5.41 Å². The largest absolute Gasteiger partial charge is 0.309 e. The molecular weight excluding hydrogens is 795 g/mol. The first kappa shape index (κ1) is 35.9. The molecule has 0 bridgehead atoms. The molecule has 0 amide bonds. The Hall–Kier alpha value is -8.52. The summed E-state index contributed by atoms with van der Waals surface area (Å²) in [5.41, 5.74) is 19.0. The lowest BCUT2D eigenvalue weighted by atomic mass is 9.69. The molecule has 1 heterocycles. The fourth-order valence-electron chi connectivity index (χ4n) is 12.5. The van der Waals surface area contributed by atoms with Crippen molar-refractivity contribution >= 4 is 64.9 Å². The Kier molecular flexibility index (Phi) is 7.21. The second-order valence-corrected chi connectivity index (χ2v) is 18.3. The van der Waals surface area contributed by atoms with Gasteiger partial charge in [-0.2, -0.15) is 0 Å². The molecule has 0 aliphatic heterocycles. The molecule has 0 saturated heterocycles. The Bertz CT molecular complexity index is 4120. The van der Waals surface area contributed by atoms with E-state index in [-0.39, 0.29) is 0 Å². The van der Waals surface area contributed by atoms with E-state index >= 15 is 0 Å². The topological polar surface area (TPSA) is 4.93 Å². The van der Waals surface area contributed by atoms with Crippen LogP contribution in [0.1, 0.15) is 22.3 Å². The SMILES string of the molecule is c1ccc(-n2c3ccccc3c3cc(-c4c5ccccc5c(-c5ccc6cc7c(cc6c5)C5(c6ccccc6-c6ccccc65)c5c-7ccc6ccccc56)c5ccccc45)ccc32)cc1. The first-order chi connectivity index (χ1) is 32.8. The van der Waals surface area contributed by atoms with Crippen molar-refractivity contribution in [3.05, 3.63) is 259 Å². The molecule has 12 aromatic carbocycles. The molecule has 0 saturated carbocycles. The molecule has 13 aromatic rings. The summed E-state index contributed by atoms with van der Waals surface area (Å²) in [5, 5.41) is 12.6. The molecule has 1 heteroatoms. The van der Waals surface area contributed by atoms with Crippen molar-refractivity contribution in [2.45, 2.75) is 5.41 Å². The van der Waals surface area contributed by atoms with Gasteiger partial charge in [-0.05, 0) is 158 Å². The zero-order valence-electron chi connectivity index (χ0n) is 36.0. The number of hydrogen-bond donors (Lipinski definition) is 0. The van der Waals surface area contributed by atoms with Crippen molar-refractivity contribution in [3.63, 3.8) is 0 Å². The van der Waals surface area contributed by atoms with Gasteiger partial charge in [-0.25, -0.2) is 0 Å². The molecule has 0 fully saturated rings. The molecule has 2 aliphatic carbocycles. The van der Waals surface area contributed by atoms with Crippen LogP contribution < -0.4 is 0 Å². The molecule has 0 N–H and O–H groups in total. The van der Waals surface area contributed by atoms with Crippen LogP contribution in [0.4, 0.5) is 0 Å². The van der Waals surface area contributed by atoms with Gasteiger partial charge < -0.3 is 4.57 Å². The summed E-state index contributed by atoms with van der Waals surface area (Å²) in [6.45, 7) is 0. The summed E-state index contributed by atoms with van der Waals surface area (Å²) in [4.78, 5) is 0. The van der Waals surface area contributed by atoms with Gasteiger partial charge in [-0.1, -0.05) is 188 Å². The summed E-state index contributed by atoms with van der Waals surface area (Å²) < 4.78 is 2.40. The third-order valence-electron chi connectivity index (χ3n) is 15.1. The number of aromatic nitrogens is 1. The van der Waals surface area contributed by atoms with E-state index in [0.717, 1.165) is 0 Å². The van der Waals surface area contributed by atoms with E-state index in [9.17, 15) is 0 Å².